The predicted molar refractivity (Wildman–Crippen MR) is 78.0 cm³/mol. The number of methoxy groups -OCH3 is 2. The predicted octanol–water partition coefficient (Wildman–Crippen LogP) is 4.18. The first kappa shape index (κ1) is 14.7. The van der Waals surface area contributed by atoms with Crippen LogP contribution in [0.25, 0.3) is 0 Å². The van der Waals surface area contributed by atoms with Gasteiger partial charge in [-0.3, -0.25) is 0 Å². The van der Waals surface area contributed by atoms with E-state index in [-0.39, 0.29) is 0 Å². The molecule has 20 heavy (non-hydrogen) atoms. The molecule has 0 fully saturated rings. The largest absolute Gasteiger partial charge is 0.497 e. The topological polar surface area (TPSA) is 27.7 Å². The zero-order valence-electron chi connectivity index (χ0n) is 11.2. The molecule has 0 atom stereocenters. The zero-order valence-corrected chi connectivity index (χ0v) is 12.7. The third kappa shape index (κ3) is 3.42. The van der Waals surface area contributed by atoms with E-state index in [4.69, 9.17) is 14.2 Å². The second-order valence-corrected chi connectivity index (χ2v) is 4.91. The third-order valence-electron chi connectivity index (χ3n) is 2.76. The molecule has 0 saturated carbocycles. The van der Waals surface area contributed by atoms with Crippen LogP contribution in [0.2, 0.25) is 0 Å². The van der Waals surface area contributed by atoms with Gasteiger partial charge < -0.3 is 14.2 Å². The third-order valence-corrected chi connectivity index (χ3v) is 3.37. The number of halogens is 2. The molecular weight excluding hydrogens is 327 g/mol. The Hall–Kier alpha value is -1.75. The summed E-state index contributed by atoms with van der Waals surface area (Å²) in [7, 11) is 3.13. The van der Waals surface area contributed by atoms with Crippen LogP contribution in [0.5, 0.6) is 17.2 Å². The highest BCUT2D eigenvalue weighted by molar-refractivity contribution is 9.10. The lowest BCUT2D eigenvalue weighted by Gasteiger charge is -2.12. The maximum atomic E-state index is 13.5. The summed E-state index contributed by atoms with van der Waals surface area (Å²) in [4.78, 5) is 0. The van der Waals surface area contributed by atoms with Crippen molar-refractivity contribution in [2.24, 2.45) is 0 Å². The molecular formula is C15H14BrFO3. The molecule has 3 nitrogen and oxygen atoms in total. The van der Waals surface area contributed by atoms with E-state index in [0.29, 0.717) is 22.6 Å². The first-order valence-corrected chi connectivity index (χ1v) is 6.72. The second-order valence-electron chi connectivity index (χ2n) is 4.05. The van der Waals surface area contributed by atoms with E-state index in [1.807, 2.05) is 24.3 Å². The maximum absolute atomic E-state index is 13.5. The van der Waals surface area contributed by atoms with Gasteiger partial charge in [-0.25, -0.2) is 4.39 Å². The van der Waals surface area contributed by atoms with Crippen molar-refractivity contribution in [2.75, 3.05) is 14.2 Å². The summed E-state index contributed by atoms with van der Waals surface area (Å²) in [5.41, 5.74) is 0.955. The molecule has 106 valence electrons. The van der Waals surface area contributed by atoms with Crippen molar-refractivity contribution in [2.45, 2.75) is 6.61 Å². The average molecular weight is 341 g/mol. The van der Waals surface area contributed by atoms with Crippen molar-refractivity contribution in [1.82, 2.24) is 0 Å². The van der Waals surface area contributed by atoms with Gasteiger partial charge in [0.2, 0.25) is 0 Å². The standard InChI is InChI=1S/C15H14BrFO3/c1-18-11-5-3-10(4-6-11)9-20-15-8-13(17)12(16)7-14(15)19-2/h3-8H,9H2,1-2H3. The summed E-state index contributed by atoms with van der Waals surface area (Å²) in [6.45, 7) is 0.321. The zero-order chi connectivity index (χ0) is 14.5. The molecule has 2 aromatic rings. The molecule has 0 aliphatic carbocycles. The van der Waals surface area contributed by atoms with Gasteiger partial charge in [0.1, 0.15) is 18.2 Å². The Morgan fingerprint density at radius 1 is 1.00 bits per heavy atom. The van der Waals surface area contributed by atoms with Crippen LogP contribution in [0, 0.1) is 5.82 Å². The fraction of sp³-hybridized carbons (Fsp3) is 0.200. The van der Waals surface area contributed by atoms with Crippen LogP contribution < -0.4 is 14.2 Å². The van der Waals surface area contributed by atoms with Crippen molar-refractivity contribution in [3.8, 4) is 17.2 Å². The monoisotopic (exact) mass is 340 g/mol. The Morgan fingerprint density at radius 3 is 2.30 bits per heavy atom. The Bertz CT molecular complexity index is 584. The van der Waals surface area contributed by atoms with Crippen molar-refractivity contribution < 1.29 is 18.6 Å². The molecule has 2 rings (SSSR count). The Labute approximate surface area is 125 Å². The molecule has 0 radical (unpaired) electrons. The Balaban J connectivity index is 2.11. The minimum atomic E-state index is -0.393. The van der Waals surface area contributed by atoms with Gasteiger partial charge in [0.25, 0.3) is 0 Å². The van der Waals surface area contributed by atoms with E-state index in [0.717, 1.165) is 11.3 Å². The van der Waals surface area contributed by atoms with Crippen LogP contribution in [0.15, 0.2) is 40.9 Å². The molecule has 0 heterocycles. The number of benzene rings is 2. The van der Waals surface area contributed by atoms with Gasteiger partial charge in [0, 0.05) is 12.1 Å². The van der Waals surface area contributed by atoms with Crippen LogP contribution in [0.4, 0.5) is 4.39 Å². The summed E-state index contributed by atoms with van der Waals surface area (Å²) < 4.78 is 29.7. The number of hydrogen-bond donors (Lipinski definition) is 0. The summed E-state index contributed by atoms with van der Waals surface area (Å²) in [5, 5.41) is 0. The van der Waals surface area contributed by atoms with Gasteiger partial charge in [-0.15, -0.1) is 0 Å². The summed E-state index contributed by atoms with van der Waals surface area (Å²) in [6, 6.07) is 10.3. The molecule has 0 saturated heterocycles. The molecule has 0 amide bonds. The number of rotatable bonds is 5. The Kier molecular flexibility index (Phi) is 4.84. The normalized spacial score (nSPS) is 10.2. The lowest BCUT2D eigenvalue weighted by molar-refractivity contribution is 0.282. The molecule has 0 unspecified atom stereocenters. The van der Waals surface area contributed by atoms with Gasteiger partial charge >= 0.3 is 0 Å². The molecule has 5 heteroatoms. The fourth-order valence-electron chi connectivity index (χ4n) is 1.67. The van der Waals surface area contributed by atoms with Crippen molar-refractivity contribution in [3.63, 3.8) is 0 Å². The highest BCUT2D eigenvalue weighted by Crippen LogP contribution is 2.33. The minimum absolute atomic E-state index is 0.321. The van der Waals surface area contributed by atoms with E-state index in [1.54, 1.807) is 13.2 Å². The lowest BCUT2D eigenvalue weighted by atomic mass is 10.2. The molecule has 0 aliphatic rings. The molecule has 2 aromatic carbocycles. The van der Waals surface area contributed by atoms with Crippen molar-refractivity contribution in [1.29, 1.82) is 0 Å². The van der Waals surface area contributed by atoms with E-state index in [9.17, 15) is 4.39 Å². The minimum Gasteiger partial charge on any atom is -0.497 e. The smallest absolute Gasteiger partial charge is 0.164 e. The van der Waals surface area contributed by atoms with Gasteiger partial charge in [-0.05, 0) is 33.6 Å². The highest BCUT2D eigenvalue weighted by atomic mass is 79.9. The van der Waals surface area contributed by atoms with Crippen molar-refractivity contribution in [3.05, 3.63) is 52.3 Å². The van der Waals surface area contributed by atoms with E-state index < -0.39 is 5.82 Å². The van der Waals surface area contributed by atoms with Crippen LogP contribution in [-0.2, 0) is 6.61 Å². The summed E-state index contributed by atoms with van der Waals surface area (Å²) in [6.07, 6.45) is 0. The molecule has 0 aliphatic heterocycles. The highest BCUT2D eigenvalue weighted by Gasteiger charge is 2.10. The van der Waals surface area contributed by atoms with Gasteiger partial charge in [-0.2, -0.15) is 0 Å². The molecule has 0 bridgehead atoms. The first-order valence-electron chi connectivity index (χ1n) is 5.93. The SMILES string of the molecule is COc1ccc(COc2cc(F)c(Br)cc2OC)cc1. The summed E-state index contributed by atoms with van der Waals surface area (Å²) in [5.74, 6) is 1.23. The molecule has 0 N–H and O–H groups in total. The molecule has 0 aromatic heterocycles. The maximum Gasteiger partial charge on any atom is 0.164 e. The summed E-state index contributed by atoms with van der Waals surface area (Å²) >= 11 is 3.11. The Morgan fingerprint density at radius 2 is 1.70 bits per heavy atom. The average Bonchev–Trinajstić information content (AvgIpc) is 2.48. The number of ether oxygens (including phenoxy) is 3. The van der Waals surface area contributed by atoms with Gasteiger partial charge in [0.15, 0.2) is 11.5 Å². The van der Waals surface area contributed by atoms with Crippen LogP contribution in [-0.4, -0.2) is 14.2 Å². The quantitative estimate of drug-likeness (QED) is 0.816. The first-order chi connectivity index (χ1) is 9.63. The van der Waals surface area contributed by atoms with E-state index in [1.165, 1.54) is 13.2 Å². The van der Waals surface area contributed by atoms with Crippen LogP contribution in [0.3, 0.4) is 0 Å². The van der Waals surface area contributed by atoms with Crippen molar-refractivity contribution >= 4 is 15.9 Å². The van der Waals surface area contributed by atoms with Gasteiger partial charge in [0.05, 0.1) is 18.7 Å². The van der Waals surface area contributed by atoms with Crippen LogP contribution in [0.1, 0.15) is 5.56 Å². The van der Waals surface area contributed by atoms with Gasteiger partial charge in [-0.1, -0.05) is 12.1 Å². The molecule has 0 spiro atoms. The second kappa shape index (κ2) is 6.61. The lowest BCUT2D eigenvalue weighted by Crippen LogP contribution is -1.98. The fourth-order valence-corrected chi connectivity index (χ4v) is 1.99. The van der Waals surface area contributed by atoms with E-state index in [2.05, 4.69) is 15.9 Å². The van der Waals surface area contributed by atoms with Crippen LogP contribution >= 0.6 is 15.9 Å². The number of hydrogen-bond acceptors (Lipinski definition) is 3. The van der Waals surface area contributed by atoms with E-state index >= 15 is 0 Å².